The quantitative estimate of drug-likeness (QED) is 0.157. The Kier molecular flexibility index (Phi) is 11.7. The molecule has 236 valence electrons. The van der Waals surface area contributed by atoms with Crippen molar-refractivity contribution in [2.75, 3.05) is 17.4 Å². The van der Waals surface area contributed by atoms with Gasteiger partial charge in [-0.15, -0.1) is 0 Å². The normalized spacial score (nSPS) is 11.9. The number of nitrogens with one attached hydrogen (secondary N) is 1. The van der Waals surface area contributed by atoms with Crippen LogP contribution in [-0.2, 0) is 32.6 Å². The van der Waals surface area contributed by atoms with Crippen LogP contribution in [0.15, 0.2) is 108 Å². The molecule has 2 amide bonds. The third-order valence-electron chi connectivity index (χ3n) is 7.35. The largest absolute Gasteiger partial charge is 0.354 e. The lowest BCUT2D eigenvalue weighted by atomic mass is 10.0. The van der Waals surface area contributed by atoms with E-state index in [1.807, 2.05) is 44.2 Å². The Bertz CT molecular complexity index is 1680. The van der Waals surface area contributed by atoms with E-state index in [9.17, 15) is 22.4 Å². The van der Waals surface area contributed by atoms with Gasteiger partial charge in [0.25, 0.3) is 10.0 Å². The molecule has 0 aliphatic carbocycles. The molecule has 1 atom stereocenters. The molecule has 0 bridgehead atoms. The molecule has 0 aromatic heterocycles. The van der Waals surface area contributed by atoms with Gasteiger partial charge in [0.15, 0.2) is 0 Å². The minimum atomic E-state index is -4.24. The summed E-state index contributed by atoms with van der Waals surface area (Å²) in [6, 6.07) is 26.6. The predicted molar refractivity (Wildman–Crippen MR) is 176 cm³/mol. The molecular formula is C35H37ClFN3O4S. The second kappa shape index (κ2) is 15.7. The van der Waals surface area contributed by atoms with Gasteiger partial charge in [0.05, 0.1) is 10.6 Å². The van der Waals surface area contributed by atoms with Crippen LogP contribution in [0.3, 0.4) is 0 Å². The number of aryl methyl sites for hydroxylation is 1. The summed E-state index contributed by atoms with van der Waals surface area (Å²) < 4.78 is 43.0. The molecule has 1 N–H and O–H groups in total. The molecule has 4 aromatic rings. The average molecular weight is 650 g/mol. The highest BCUT2D eigenvalue weighted by atomic mass is 35.5. The zero-order chi connectivity index (χ0) is 32.4. The van der Waals surface area contributed by atoms with Crippen molar-refractivity contribution >= 4 is 39.1 Å². The number of amides is 2. The molecule has 45 heavy (non-hydrogen) atoms. The van der Waals surface area contributed by atoms with Gasteiger partial charge in [-0.25, -0.2) is 12.8 Å². The van der Waals surface area contributed by atoms with E-state index in [-0.39, 0.29) is 29.5 Å². The van der Waals surface area contributed by atoms with Gasteiger partial charge in [-0.1, -0.05) is 91.2 Å². The summed E-state index contributed by atoms with van der Waals surface area (Å²) in [5.41, 5.74) is 2.48. The number of nitrogens with zero attached hydrogens (tertiary/aromatic N) is 2. The van der Waals surface area contributed by atoms with Gasteiger partial charge in [0.1, 0.15) is 18.4 Å². The molecule has 0 spiro atoms. The van der Waals surface area contributed by atoms with E-state index in [1.54, 1.807) is 42.5 Å². The third kappa shape index (κ3) is 9.15. The lowest BCUT2D eigenvalue weighted by Gasteiger charge is -2.34. The van der Waals surface area contributed by atoms with Crippen LogP contribution in [-0.4, -0.2) is 44.3 Å². The first-order valence-electron chi connectivity index (χ1n) is 14.8. The Morgan fingerprint density at radius 2 is 1.58 bits per heavy atom. The lowest BCUT2D eigenvalue weighted by Crippen LogP contribution is -2.53. The van der Waals surface area contributed by atoms with Crippen molar-refractivity contribution < 1.29 is 22.4 Å². The van der Waals surface area contributed by atoms with E-state index in [0.29, 0.717) is 17.1 Å². The molecule has 0 aliphatic heterocycles. The minimum Gasteiger partial charge on any atom is -0.354 e. The van der Waals surface area contributed by atoms with Crippen LogP contribution in [0, 0.1) is 12.7 Å². The zero-order valence-corrected chi connectivity index (χ0v) is 26.9. The van der Waals surface area contributed by atoms with Crippen LogP contribution in [0.25, 0.3) is 0 Å². The van der Waals surface area contributed by atoms with Gasteiger partial charge < -0.3 is 10.2 Å². The summed E-state index contributed by atoms with van der Waals surface area (Å²) in [6.07, 6.45) is 1.81. The number of anilines is 1. The first-order valence-corrected chi connectivity index (χ1v) is 16.6. The molecule has 0 saturated heterocycles. The highest BCUT2D eigenvalue weighted by Crippen LogP contribution is 2.27. The highest BCUT2D eigenvalue weighted by molar-refractivity contribution is 7.92. The average Bonchev–Trinajstić information content (AvgIpc) is 3.03. The van der Waals surface area contributed by atoms with Crippen molar-refractivity contribution in [3.63, 3.8) is 0 Å². The number of carbonyl (C=O) groups is 2. The number of sulfonamides is 1. The Morgan fingerprint density at radius 3 is 2.22 bits per heavy atom. The molecule has 0 aliphatic rings. The second-order valence-corrected chi connectivity index (χ2v) is 13.1. The van der Waals surface area contributed by atoms with Gasteiger partial charge in [0.2, 0.25) is 11.8 Å². The summed E-state index contributed by atoms with van der Waals surface area (Å²) in [5.74, 6) is -1.41. The highest BCUT2D eigenvalue weighted by Gasteiger charge is 2.34. The summed E-state index contributed by atoms with van der Waals surface area (Å²) in [5, 5.41) is 3.24. The molecule has 4 aromatic carbocycles. The van der Waals surface area contributed by atoms with Gasteiger partial charge in [-0.3, -0.25) is 13.9 Å². The molecule has 0 saturated carbocycles. The molecule has 4 rings (SSSR count). The fourth-order valence-corrected chi connectivity index (χ4v) is 6.43. The van der Waals surface area contributed by atoms with E-state index < -0.39 is 34.3 Å². The number of unbranched alkanes of at least 4 members (excludes halogenated alkanes) is 1. The lowest BCUT2D eigenvalue weighted by molar-refractivity contribution is -0.140. The monoisotopic (exact) mass is 649 g/mol. The van der Waals surface area contributed by atoms with Gasteiger partial charge in [0, 0.05) is 24.5 Å². The Hall–Kier alpha value is -4.21. The van der Waals surface area contributed by atoms with E-state index >= 15 is 0 Å². The summed E-state index contributed by atoms with van der Waals surface area (Å²) in [4.78, 5) is 29.5. The SMILES string of the molecule is CCCCNC(=O)[C@@H](Cc1ccccc1)N(Cc1ccc(F)cc1)C(=O)CN(c1cccc(Cl)c1)S(=O)(=O)c1ccc(C)cc1. The molecule has 7 nitrogen and oxygen atoms in total. The van der Waals surface area contributed by atoms with Crippen molar-refractivity contribution in [2.24, 2.45) is 0 Å². The van der Waals surface area contributed by atoms with Crippen molar-refractivity contribution in [3.8, 4) is 0 Å². The van der Waals surface area contributed by atoms with E-state index in [1.165, 1.54) is 35.2 Å². The third-order valence-corrected chi connectivity index (χ3v) is 9.37. The predicted octanol–water partition coefficient (Wildman–Crippen LogP) is 6.54. The maximum absolute atomic E-state index is 14.4. The number of rotatable bonds is 14. The van der Waals surface area contributed by atoms with Gasteiger partial charge in [-0.2, -0.15) is 0 Å². The molecule has 0 fully saturated rings. The number of hydrogen-bond acceptors (Lipinski definition) is 4. The second-order valence-electron chi connectivity index (χ2n) is 10.8. The van der Waals surface area contributed by atoms with E-state index in [4.69, 9.17) is 11.6 Å². The van der Waals surface area contributed by atoms with Crippen molar-refractivity contribution in [1.29, 1.82) is 0 Å². The van der Waals surface area contributed by atoms with Crippen LogP contribution >= 0.6 is 11.6 Å². The van der Waals surface area contributed by atoms with Crippen molar-refractivity contribution in [1.82, 2.24) is 10.2 Å². The summed E-state index contributed by atoms with van der Waals surface area (Å²) in [6.45, 7) is 3.63. The topological polar surface area (TPSA) is 86.8 Å². The Labute approximate surface area is 269 Å². The Balaban J connectivity index is 1.78. The Morgan fingerprint density at radius 1 is 0.889 bits per heavy atom. The number of benzene rings is 4. The molecular weight excluding hydrogens is 613 g/mol. The van der Waals surface area contributed by atoms with Crippen LogP contribution in [0.2, 0.25) is 5.02 Å². The number of halogens is 2. The summed E-state index contributed by atoms with van der Waals surface area (Å²) >= 11 is 6.27. The maximum Gasteiger partial charge on any atom is 0.264 e. The van der Waals surface area contributed by atoms with Crippen molar-refractivity contribution in [2.45, 2.75) is 50.6 Å². The van der Waals surface area contributed by atoms with Crippen molar-refractivity contribution in [3.05, 3.63) is 131 Å². The van der Waals surface area contributed by atoms with Crippen LogP contribution in [0.1, 0.15) is 36.5 Å². The molecule has 10 heteroatoms. The standard InChI is InChI=1S/C35H37ClFN3O4S/c1-3-4-21-38-35(42)33(22-27-9-6-5-7-10-27)39(24-28-15-17-30(37)18-16-28)34(41)25-40(31-12-8-11-29(36)23-31)45(43,44)32-19-13-26(2)14-20-32/h5-20,23,33H,3-4,21-22,24-25H2,1-2H3,(H,38,42)/t33-/m1/s1. The number of carbonyl (C=O) groups excluding carboxylic acids is 2. The fraction of sp³-hybridized carbons (Fsp3) is 0.257. The zero-order valence-electron chi connectivity index (χ0n) is 25.3. The smallest absolute Gasteiger partial charge is 0.264 e. The first kappa shape index (κ1) is 33.7. The minimum absolute atomic E-state index is 0.00380. The first-order chi connectivity index (χ1) is 21.6. The van der Waals surface area contributed by atoms with E-state index in [0.717, 1.165) is 28.3 Å². The van der Waals surface area contributed by atoms with Crippen LogP contribution in [0.5, 0.6) is 0 Å². The molecule has 0 radical (unpaired) electrons. The molecule has 0 heterocycles. The van der Waals surface area contributed by atoms with E-state index in [2.05, 4.69) is 5.32 Å². The number of hydrogen-bond donors (Lipinski definition) is 1. The van der Waals surface area contributed by atoms with Gasteiger partial charge in [-0.05, 0) is 66.9 Å². The van der Waals surface area contributed by atoms with Crippen LogP contribution in [0.4, 0.5) is 10.1 Å². The van der Waals surface area contributed by atoms with Gasteiger partial charge >= 0.3 is 0 Å². The molecule has 0 unspecified atom stereocenters. The van der Waals surface area contributed by atoms with Crippen LogP contribution < -0.4 is 9.62 Å². The maximum atomic E-state index is 14.4. The fourth-order valence-electron chi connectivity index (χ4n) is 4.84. The summed E-state index contributed by atoms with van der Waals surface area (Å²) in [7, 11) is -4.24.